The molecular formula is C15H10F3N3O3. The SMILES string of the molecule is O=C(N/N=C/c1cccc(C(F)(F)F)c1)c1ccccc1[N+](=O)[O-]. The van der Waals surface area contributed by atoms with Crippen LogP contribution in [0, 0.1) is 10.1 Å². The molecule has 6 nitrogen and oxygen atoms in total. The first-order chi connectivity index (χ1) is 11.3. The van der Waals surface area contributed by atoms with E-state index in [4.69, 9.17) is 0 Å². The second kappa shape index (κ2) is 6.90. The Labute approximate surface area is 133 Å². The maximum atomic E-state index is 12.6. The summed E-state index contributed by atoms with van der Waals surface area (Å²) in [6, 6.07) is 9.59. The Balaban J connectivity index is 2.13. The zero-order valence-electron chi connectivity index (χ0n) is 11.9. The van der Waals surface area contributed by atoms with E-state index in [1.807, 2.05) is 5.43 Å². The van der Waals surface area contributed by atoms with Crippen LogP contribution in [-0.4, -0.2) is 17.0 Å². The molecule has 0 unspecified atom stereocenters. The third-order valence-electron chi connectivity index (χ3n) is 2.94. The topological polar surface area (TPSA) is 84.6 Å². The summed E-state index contributed by atoms with van der Waals surface area (Å²) in [5.74, 6) is -0.842. The lowest BCUT2D eigenvalue weighted by Crippen LogP contribution is -2.19. The Morgan fingerprint density at radius 1 is 1.17 bits per heavy atom. The van der Waals surface area contributed by atoms with Gasteiger partial charge in [0, 0.05) is 6.07 Å². The van der Waals surface area contributed by atoms with E-state index in [9.17, 15) is 28.1 Å². The van der Waals surface area contributed by atoms with Gasteiger partial charge in [-0.1, -0.05) is 24.3 Å². The molecule has 0 heterocycles. The molecular weight excluding hydrogens is 327 g/mol. The Morgan fingerprint density at radius 2 is 1.88 bits per heavy atom. The van der Waals surface area contributed by atoms with Crippen LogP contribution in [-0.2, 0) is 6.18 Å². The third kappa shape index (κ3) is 4.15. The van der Waals surface area contributed by atoms with Crippen LogP contribution in [0.4, 0.5) is 18.9 Å². The minimum absolute atomic E-state index is 0.118. The fourth-order valence-electron chi connectivity index (χ4n) is 1.85. The van der Waals surface area contributed by atoms with Gasteiger partial charge in [-0.3, -0.25) is 14.9 Å². The monoisotopic (exact) mass is 337 g/mol. The van der Waals surface area contributed by atoms with Crippen LogP contribution in [0.25, 0.3) is 0 Å². The van der Waals surface area contributed by atoms with Crippen molar-refractivity contribution >= 4 is 17.8 Å². The number of hydrogen-bond donors (Lipinski definition) is 1. The van der Waals surface area contributed by atoms with Gasteiger partial charge in [-0.25, -0.2) is 5.43 Å². The second-order valence-corrected chi connectivity index (χ2v) is 4.60. The number of nitrogens with one attached hydrogen (secondary N) is 1. The van der Waals surface area contributed by atoms with Crippen molar-refractivity contribution in [3.63, 3.8) is 0 Å². The largest absolute Gasteiger partial charge is 0.416 e. The summed E-state index contributed by atoms with van der Waals surface area (Å²) >= 11 is 0. The predicted octanol–water partition coefficient (Wildman–Crippen LogP) is 3.38. The van der Waals surface area contributed by atoms with E-state index in [2.05, 4.69) is 5.10 Å². The first kappa shape index (κ1) is 17.1. The Hall–Kier alpha value is -3.23. The Morgan fingerprint density at radius 3 is 2.54 bits per heavy atom. The lowest BCUT2D eigenvalue weighted by atomic mass is 10.1. The molecule has 124 valence electrons. The summed E-state index contributed by atoms with van der Waals surface area (Å²) in [5, 5.41) is 14.4. The van der Waals surface area contributed by atoms with Crippen molar-refractivity contribution in [2.24, 2.45) is 5.10 Å². The average Bonchev–Trinajstić information content (AvgIpc) is 2.54. The number of para-hydroxylation sites is 1. The van der Waals surface area contributed by atoms with Gasteiger partial charge in [0.25, 0.3) is 11.6 Å². The van der Waals surface area contributed by atoms with Gasteiger partial charge in [0.05, 0.1) is 16.7 Å². The van der Waals surface area contributed by atoms with Crippen LogP contribution in [0.5, 0.6) is 0 Å². The molecule has 0 aliphatic rings. The highest BCUT2D eigenvalue weighted by molar-refractivity contribution is 5.98. The van der Waals surface area contributed by atoms with E-state index in [1.54, 1.807) is 0 Å². The molecule has 0 atom stereocenters. The smallest absolute Gasteiger partial charge is 0.267 e. The molecule has 0 aliphatic heterocycles. The molecule has 1 N–H and O–H groups in total. The zero-order valence-corrected chi connectivity index (χ0v) is 11.9. The lowest BCUT2D eigenvalue weighted by molar-refractivity contribution is -0.385. The van der Waals surface area contributed by atoms with Crippen LogP contribution in [0.2, 0.25) is 0 Å². The molecule has 2 rings (SSSR count). The molecule has 1 amide bonds. The number of amides is 1. The number of halogens is 3. The normalized spacial score (nSPS) is 11.5. The van der Waals surface area contributed by atoms with E-state index >= 15 is 0 Å². The zero-order chi connectivity index (χ0) is 17.7. The van der Waals surface area contributed by atoms with Gasteiger partial charge in [0.2, 0.25) is 0 Å². The summed E-state index contributed by atoms with van der Waals surface area (Å²) in [6.45, 7) is 0. The molecule has 0 spiro atoms. The van der Waals surface area contributed by atoms with Crippen LogP contribution < -0.4 is 5.43 Å². The third-order valence-corrected chi connectivity index (χ3v) is 2.94. The van der Waals surface area contributed by atoms with Crippen molar-refractivity contribution in [2.45, 2.75) is 6.18 Å². The molecule has 0 fully saturated rings. The molecule has 2 aromatic carbocycles. The quantitative estimate of drug-likeness (QED) is 0.527. The molecule has 0 saturated carbocycles. The van der Waals surface area contributed by atoms with Gasteiger partial charge in [0.1, 0.15) is 5.56 Å². The molecule has 0 aliphatic carbocycles. The Bertz CT molecular complexity index is 804. The summed E-state index contributed by atoms with van der Waals surface area (Å²) < 4.78 is 37.7. The van der Waals surface area contributed by atoms with Crippen LogP contribution in [0.3, 0.4) is 0 Å². The van der Waals surface area contributed by atoms with E-state index < -0.39 is 28.3 Å². The van der Waals surface area contributed by atoms with Crippen LogP contribution >= 0.6 is 0 Å². The van der Waals surface area contributed by atoms with Crippen molar-refractivity contribution in [3.05, 3.63) is 75.3 Å². The average molecular weight is 337 g/mol. The highest BCUT2D eigenvalue weighted by Gasteiger charge is 2.30. The number of alkyl halides is 3. The molecule has 2 aromatic rings. The van der Waals surface area contributed by atoms with Crippen LogP contribution in [0.1, 0.15) is 21.5 Å². The fraction of sp³-hybridized carbons (Fsp3) is 0.0667. The highest BCUT2D eigenvalue weighted by atomic mass is 19.4. The highest BCUT2D eigenvalue weighted by Crippen LogP contribution is 2.29. The van der Waals surface area contributed by atoms with Gasteiger partial charge in [0.15, 0.2) is 0 Å². The molecule has 9 heteroatoms. The first-order valence-corrected chi connectivity index (χ1v) is 6.53. The van der Waals surface area contributed by atoms with Gasteiger partial charge >= 0.3 is 6.18 Å². The van der Waals surface area contributed by atoms with E-state index in [-0.39, 0.29) is 11.1 Å². The molecule has 0 saturated heterocycles. The van der Waals surface area contributed by atoms with E-state index in [1.165, 1.54) is 30.3 Å². The number of carbonyl (C=O) groups is 1. The number of hydrazone groups is 1. The standard InChI is InChI=1S/C15H10F3N3O3/c16-15(17,18)11-5-3-4-10(8-11)9-19-20-14(22)12-6-1-2-7-13(12)21(23)24/h1-9H,(H,20,22)/b19-9+. The minimum Gasteiger partial charge on any atom is -0.267 e. The van der Waals surface area contributed by atoms with Crippen molar-refractivity contribution in [2.75, 3.05) is 0 Å². The summed E-state index contributed by atoms with van der Waals surface area (Å²) in [7, 11) is 0. The second-order valence-electron chi connectivity index (χ2n) is 4.60. The number of rotatable bonds is 4. The Kier molecular flexibility index (Phi) is 4.93. The van der Waals surface area contributed by atoms with Crippen molar-refractivity contribution in [3.8, 4) is 0 Å². The minimum atomic E-state index is -4.49. The molecule has 24 heavy (non-hydrogen) atoms. The number of nitro benzene ring substituents is 1. The number of nitrogens with zero attached hydrogens (tertiary/aromatic N) is 2. The number of hydrogen-bond acceptors (Lipinski definition) is 4. The van der Waals surface area contributed by atoms with E-state index in [0.29, 0.717) is 0 Å². The van der Waals surface area contributed by atoms with Gasteiger partial charge in [-0.15, -0.1) is 0 Å². The lowest BCUT2D eigenvalue weighted by Gasteiger charge is -2.06. The predicted molar refractivity (Wildman–Crippen MR) is 79.6 cm³/mol. The maximum absolute atomic E-state index is 12.6. The number of carbonyl (C=O) groups excluding carboxylic acids is 1. The van der Waals surface area contributed by atoms with Crippen LogP contribution in [0.15, 0.2) is 53.6 Å². The van der Waals surface area contributed by atoms with Gasteiger partial charge in [-0.2, -0.15) is 18.3 Å². The van der Waals surface area contributed by atoms with Crippen molar-refractivity contribution in [1.82, 2.24) is 5.43 Å². The summed E-state index contributed by atoms with van der Waals surface area (Å²) in [4.78, 5) is 22.0. The van der Waals surface area contributed by atoms with Gasteiger partial charge in [-0.05, 0) is 23.8 Å². The van der Waals surface area contributed by atoms with E-state index in [0.717, 1.165) is 24.4 Å². The number of nitro groups is 1. The summed E-state index contributed by atoms with van der Waals surface area (Å²) in [6.07, 6.45) is -3.47. The summed E-state index contributed by atoms with van der Waals surface area (Å²) in [5.41, 5.74) is 0.710. The van der Waals surface area contributed by atoms with Gasteiger partial charge < -0.3 is 0 Å². The fourth-order valence-corrected chi connectivity index (χ4v) is 1.85. The van der Waals surface area contributed by atoms with Crippen molar-refractivity contribution in [1.29, 1.82) is 0 Å². The molecule has 0 radical (unpaired) electrons. The number of benzene rings is 2. The first-order valence-electron chi connectivity index (χ1n) is 6.53. The molecule has 0 bridgehead atoms. The molecule has 0 aromatic heterocycles. The maximum Gasteiger partial charge on any atom is 0.416 e. The van der Waals surface area contributed by atoms with Crippen molar-refractivity contribution < 1.29 is 22.9 Å².